The average molecular weight is 173 g/mol. The Morgan fingerprint density at radius 2 is 2.23 bits per heavy atom. The molecule has 0 amide bonds. The minimum absolute atomic E-state index is 0.708. The molecule has 66 valence electrons. The molecule has 3 nitrogen and oxygen atoms in total. The summed E-state index contributed by atoms with van der Waals surface area (Å²) in [5.74, 6) is 0.708. The Morgan fingerprint density at radius 1 is 1.31 bits per heavy atom. The summed E-state index contributed by atoms with van der Waals surface area (Å²) in [6.45, 7) is 2.23. The van der Waals surface area contributed by atoms with E-state index in [9.17, 15) is 0 Å². The third-order valence-corrected chi connectivity index (χ3v) is 2.72. The standard InChI is InChI=1S/C10H11N3/c1-2-10-8(6-12-13-10)3-7(1)9-4-11-5-9/h1-3,6,9,11H,4-5H2,(H,12,13). The third kappa shape index (κ3) is 1.04. The molecule has 2 N–H and O–H groups in total. The van der Waals surface area contributed by atoms with E-state index in [0.29, 0.717) is 5.92 Å². The van der Waals surface area contributed by atoms with Crippen LogP contribution in [0.4, 0.5) is 0 Å². The van der Waals surface area contributed by atoms with Gasteiger partial charge in [0.2, 0.25) is 0 Å². The number of benzene rings is 1. The van der Waals surface area contributed by atoms with Crippen molar-refractivity contribution < 1.29 is 0 Å². The monoisotopic (exact) mass is 173 g/mol. The van der Waals surface area contributed by atoms with Gasteiger partial charge in [-0.15, -0.1) is 0 Å². The number of hydrogen-bond acceptors (Lipinski definition) is 2. The number of hydrogen-bond donors (Lipinski definition) is 2. The second-order valence-electron chi connectivity index (χ2n) is 3.57. The number of fused-ring (bicyclic) bond motifs is 1. The lowest BCUT2D eigenvalue weighted by molar-refractivity contribution is 0.449. The zero-order chi connectivity index (χ0) is 8.67. The Labute approximate surface area is 76.1 Å². The van der Waals surface area contributed by atoms with Gasteiger partial charge in [0.15, 0.2) is 0 Å². The number of nitrogens with zero attached hydrogens (tertiary/aromatic N) is 1. The molecule has 1 aromatic heterocycles. The first-order valence-corrected chi connectivity index (χ1v) is 4.57. The van der Waals surface area contributed by atoms with Gasteiger partial charge in [0, 0.05) is 24.4 Å². The molecule has 3 rings (SSSR count). The van der Waals surface area contributed by atoms with E-state index in [4.69, 9.17) is 0 Å². The van der Waals surface area contributed by atoms with Crippen LogP contribution < -0.4 is 5.32 Å². The molecule has 0 saturated carbocycles. The van der Waals surface area contributed by atoms with Crippen LogP contribution in [0.1, 0.15) is 11.5 Å². The summed E-state index contributed by atoms with van der Waals surface area (Å²) in [5.41, 5.74) is 2.55. The van der Waals surface area contributed by atoms with Crippen molar-refractivity contribution in [3.05, 3.63) is 30.0 Å². The van der Waals surface area contributed by atoms with Crippen LogP contribution in [0.25, 0.3) is 10.9 Å². The highest BCUT2D eigenvalue weighted by Crippen LogP contribution is 2.22. The Morgan fingerprint density at radius 3 is 3.00 bits per heavy atom. The van der Waals surface area contributed by atoms with Gasteiger partial charge in [-0.25, -0.2) is 0 Å². The Hall–Kier alpha value is -1.35. The molecule has 1 aliphatic heterocycles. The van der Waals surface area contributed by atoms with E-state index in [1.54, 1.807) is 0 Å². The predicted molar refractivity (Wildman–Crippen MR) is 51.7 cm³/mol. The van der Waals surface area contributed by atoms with Crippen molar-refractivity contribution in [2.24, 2.45) is 0 Å². The van der Waals surface area contributed by atoms with Crippen LogP contribution in [0.15, 0.2) is 24.4 Å². The first-order chi connectivity index (χ1) is 6.43. The van der Waals surface area contributed by atoms with Crippen LogP contribution in [-0.4, -0.2) is 23.3 Å². The SMILES string of the molecule is c1cc2[nH]ncc2cc1C1CNC1. The second kappa shape index (κ2) is 2.57. The fourth-order valence-corrected chi connectivity index (χ4v) is 1.74. The van der Waals surface area contributed by atoms with Gasteiger partial charge in [-0.3, -0.25) is 5.10 Å². The van der Waals surface area contributed by atoms with Crippen molar-refractivity contribution >= 4 is 10.9 Å². The van der Waals surface area contributed by atoms with E-state index in [0.717, 1.165) is 18.6 Å². The van der Waals surface area contributed by atoms with Gasteiger partial charge < -0.3 is 5.32 Å². The van der Waals surface area contributed by atoms with E-state index in [2.05, 4.69) is 33.7 Å². The molecule has 1 aliphatic rings. The lowest BCUT2D eigenvalue weighted by Crippen LogP contribution is -2.39. The molecule has 1 saturated heterocycles. The number of rotatable bonds is 1. The maximum absolute atomic E-state index is 4.00. The molecule has 2 heterocycles. The zero-order valence-electron chi connectivity index (χ0n) is 7.25. The molecule has 0 aliphatic carbocycles. The third-order valence-electron chi connectivity index (χ3n) is 2.72. The minimum atomic E-state index is 0.708. The quantitative estimate of drug-likeness (QED) is 0.681. The molecule has 0 spiro atoms. The van der Waals surface area contributed by atoms with Gasteiger partial charge in [0.25, 0.3) is 0 Å². The Balaban J connectivity index is 2.09. The average Bonchev–Trinajstić information content (AvgIpc) is 2.47. The smallest absolute Gasteiger partial charge is 0.0650 e. The van der Waals surface area contributed by atoms with Crippen molar-refractivity contribution in [1.29, 1.82) is 0 Å². The van der Waals surface area contributed by atoms with Crippen LogP contribution in [0.5, 0.6) is 0 Å². The highest BCUT2D eigenvalue weighted by molar-refractivity contribution is 5.78. The summed E-state index contributed by atoms with van der Waals surface area (Å²) < 4.78 is 0. The first kappa shape index (κ1) is 7.09. The maximum Gasteiger partial charge on any atom is 0.0650 e. The van der Waals surface area contributed by atoms with Crippen molar-refractivity contribution in [2.45, 2.75) is 5.92 Å². The van der Waals surface area contributed by atoms with Gasteiger partial charge in [0.05, 0.1) is 11.7 Å². The molecule has 13 heavy (non-hydrogen) atoms. The van der Waals surface area contributed by atoms with Crippen molar-refractivity contribution in [1.82, 2.24) is 15.5 Å². The minimum Gasteiger partial charge on any atom is -0.315 e. The van der Waals surface area contributed by atoms with Crippen LogP contribution >= 0.6 is 0 Å². The van der Waals surface area contributed by atoms with E-state index in [-0.39, 0.29) is 0 Å². The number of aromatic nitrogens is 2. The van der Waals surface area contributed by atoms with Gasteiger partial charge >= 0.3 is 0 Å². The lowest BCUT2D eigenvalue weighted by Gasteiger charge is -2.27. The van der Waals surface area contributed by atoms with E-state index < -0.39 is 0 Å². The molecule has 0 atom stereocenters. The lowest BCUT2D eigenvalue weighted by atomic mass is 9.93. The normalized spacial score (nSPS) is 17.5. The summed E-state index contributed by atoms with van der Waals surface area (Å²) >= 11 is 0. The number of aromatic amines is 1. The van der Waals surface area contributed by atoms with Crippen LogP contribution in [0.2, 0.25) is 0 Å². The zero-order valence-corrected chi connectivity index (χ0v) is 7.25. The van der Waals surface area contributed by atoms with Gasteiger partial charge in [-0.05, 0) is 17.7 Å². The van der Waals surface area contributed by atoms with Crippen molar-refractivity contribution in [2.75, 3.05) is 13.1 Å². The van der Waals surface area contributed by atoms with Crippen LogP contribution in [0, 0.1) is 0 Å². The summed E-state index contributed by atoms with van der Waals surface area (Å²) in [6.07, 6.45) is 1.88. The summed E-state index contributed by atoms with van der Waals surface area (Å²) in [7, 11) is 0. The Kier molecular flexibility index (Phi) is 1.40. The fraction of sp³-hybridized carbons (Fsp3) is 0.300. The predicted octanol–water partition coefficient (Wildman–Crippen LogP) is 1.25. The summed E-state index contributed by atoms with van der Waals surface area (Å²) in [4.78, 5) is 0. The first-order valence-electron chi connectivity index (χ1n) is 4.57. The van der Waals surface area contributed by atoms with Gasteiger partial charge in [-0.1, -0.05) is 6.07 Å². The van der Waals surface area contributed by atoms with Crippen LogP contribution in [-0.2, 0) is 0 Å². The molecular formula is C10H11N3. The van der Waals surface area contributed by atoms with Crippen LogP contribution in [0.3, 0.4) is 0 Å². The molecule has 0 radical (unpaired) electrons. The highest BCUT2D eigenvalue weighted by Gasteiger charge is 2.18. The van der Waals surface area contributed by atoms with E-state index >= 15 is 0 Å². The molecule has 2 aromatic rings. The molecule has 1 aromatic carbocycles. The van der Waals surface area contributed by atoms with E-state index in [1.165, 1.54) is 10.9 Å². The molecular weight excluding hydrogens is 162 g/mol. The highest BCUT2D eigenvalue weighted by atomic mass is 15.1. The molecule has 3 heteroatoms. The van der Waals surface area contributed by atoms with Crippen molar-refractivity contribution in [3.63, 3.8) is 0 Å². The Bertz CT molecular complexity index is 428. The largest absolute Gasteiger partial charge is 0.315 e. The van der Waals surface area contributed by atoms with Gasteiger partial charge in [0.1, 0.15) is 0 Å². The number of nitrogens with one attached hydrogen (secondary N) is 2. The molecule has 0 bridgehead atoms. The number of H-pyrrole nitrogens is 1. The molecule has 1 fully saturated rings. The second-order valence-corrected chi connectivity index (χ2v) is 3.57. The van der Waals surface area contributed by atoms with E-state index in [1.807, 2.05) is 6.20 Å². The molecule has 0 unspecified atom stereocenters. The van der Waals surface area contributed by atoms with Gasteiger partial charge in [-0.2, -0.15) is 5.10 Å². The topological polar surface area (TPSA) is 40.7 Å². The fourth-order valence-electron chi connectivity index (χ4n) is 1.74. The summed E-state index contributed by atoms with van der Waals surface area (Å²) in [5, 5.41) is 11.5. The van der Waals surface area contributed by atoms with Crippen molar-refractivity contribution in [3.8, 4) is 0 Å². The maximum atomic E-state index is 4.00. The summed E-state index contributed by atoms with van der Waals surface area (Å²) in [6, 6.07) is 6.52.